The Morgan fingerprint density at radius 2 is 2.11 bits per heavy atom. The Balaban J connectivity index is 2.12. The Kier molecular flexibility index (Phi) is 3.08. The molecule has 0 atom stereocenters. The lowest BCUT2D eigenvalue weighted by molar-refractivity contribution is 0.665. The fraction of sp³-hybridized carbons (Fsp3) is 0.154. The molecule has 0 saturated carbocycles. The van der Waals surface area contributed by atoms with Crippen LogP contribution in [0.4, 0.5) is 0 Å². The van der Waals surface area contributed by atoms with Gasteiger partial charge < -0.3 is 0 Å². The van der Waals surface area contributed by atoms with Crippen molar-refractivity contribution in [3.05, 3.63) is 52.4 Å². The van der Waals surface area contributed by atoms with Gasteiger partial charge in [-0.05, 0) is 11.8 Å². The number of aromatic amines is 1. The van der Waals surface area contributed by atoms with Gasteiger partial charge in [-0.3, -0.25) is 9.36 Å². The second kappa shape index (κ2) is 4.89. The molecule has 0 radical (unpaired) electrons. The van der Waals surface area contributed by atoms with Gasteiger partial charge in [-0.15, -0.1) is 0 Å². The molecule has 5 nitrogen and oxygen atoms in total. The summed E-state index contributed by atoms with van der Waals surface area (Å²) in [5, 5.41) is 7.41. The van der Waals surface area contributed by atoms with Crippen LogP contribution in [-0.2, 0) is 6.54 Å². The fourth-order valence-corrected chi connectivity index (χ4v) is 2.53. The first-order chi connectivity index (χ1) is 9.29. The molecule has 2 heterocycles. The summed E-state index contributed by atoms with van der Waals surface area (Å²) in [6.07, 6.45) is 3.54. The number of thioether (sulfide) groups is 1. The van der Waals surface area contributed by atoms with E-state index < -0.39 is 0 Å². The lowest BCUT2D eigenvalue weighted by Gasteiger charge is -2.14. The molecule has 1 N–H and O–H groups in total. The van der Waals surface area contributed by atoms with Crippen molar-refractivity contribution in [2.75, 3.05) is 6.26 Å². The van der Waals surface area contributed by atoms with Crippen molar-refractivity contribution in [1.82, 2.24) is 19.7 Å². The van der Waals surface area contributed by atoms with Crippen LogP contribution in [0, 0.1) is 0 Å². The molecule has 0 amide bonds. The smallest absolute Gasteiger partial charge is 0.276 e. The van der Waals surface area contributed by atoms with Gasteiger partial charge in [-0.25, -0.2) is 10.1 Å². The maximum absolute atomic E-state index is 11.6. The van der Waals surface area contributed by atoms with Crippen LogP contribution in [0.25, 0.3) is 11.4 Å². The molecule has 2 aliphatic rings. The van der Waals surface area contributed by atoms with Crippen LogP contribution in [0.3, 0.4) is 0 Å². The Morgan fingerprint density at radius 1 is 1.32 bits per heavy atom. The van der Waals surface area contributed by atoms with Gasteiger partial charge in [0.25, 0.3) is 5.56 Å². The zero-order valence-corrected chi connectivity index (χ0v) is 11.1. The summed E-state index contributed by atoms with van der Waals surface area (Å²) in [6.45, 7) is 0.644. The molecule has 0 spiro atoms. The second-order valence-corrected chi connectivity index (χ2v) is 4.88. The SMILES string of the molecule is CSc1ncc2c(=O)[nH]nc-2n1Cc1ccccc1. The van der Waals surface area contributed by atoms with Crippen LogP contribution in [0.5, 0.6) is 0 Å². The average Bonchev–Trinajstić information content (AvgIpc) is 2.82. The van der Waals surface area contributed by atoms with Crippen LogP contribution in [0.1, 0.15) is 5.56 Å². The van der Waals surface area contributed by atoms with Crippen molar-refractivity contribution in [3.63, 3.8) is 0 Å². The average molecular weight is 272 g/mol. The first-order valence-electron chi connectivity index (χ1n) is 5.81. The first kappa shape index (κ1) is 12.0. The van der Waals surface area contributed by atoms with E-state index in [0.717, 1.165) is 10.7 Å². The lowest BCUT2D eigenvalue weighted by Crippen LogP contribution is -2.12. The van der Waals surface area contributed by atoms with E-state index in [0.29, 0.717) is 17.9 Å². The highest BCUT2D eigenvalue weighted by Gasteiger charge is 2.17. The first-order valence-corrected chi connectivity index (χ1v) is 7.04. The third-order valence-corrected chi connectivity index (χ3v) is 3.60. The monoisotopic (exact) mass is 272 g/mol. The summed E-state index contributed by atoms with van der Waals surface area (Å²) in [5.74, 6) is 0.646. The second-order valence-electron chi connectivity index (χ2n) is 4.11. The van der Waals surface area contributed by atoms with Crippen molar-refractivity contribution >= 4 is 11.8 Å². The van der Waals surface area contributed by atoms with E-state index in [-0.39, 0.29) is 5.56 Å². The van der Waals surface area contributed by atoms with E-state index in [4.69, 9.17) is 0 Å². The molecule has 0 aromatic heterocycles. The molecular weight excluding hydrogens is 260 g/mol. The topological polar surface area (TPSA) is 63.6 Å². The van der Waals surface area contributed by atoms with Gasteiger partial charge >= 0.3 is 0 Å². The van der Waals surface area contributed by atoms with E-state index in [1.165, 1.54) is 11.8 Å². The molecule has 0 saturated heterocycles. The number of H-pyrrole nitrogens is 1. The van der Waals surface area contributed by atoms with Crippen LogP contribution in [0.15, 0.2) is 46.5 Å². The molecule has 6 heteroatoms. The van der Waals surface area contributed by atoms with Gasteiger partial charge in [0, 0.05) is 6.20 Å². The van der Waals surface area contributed by atoms with Crippen molar-refractivity contribution < 1.29 is 0 Å². The fourth-order valence-electron chi connectivity index (χ4n) is 2.00. The molecule has 3 rings (SSSR count). The maximum atomic E-state index is 11.6. The number of benzene rings is 1. The Hall–Kier alpha value is -2.08. The summed E-state index contributed by atoms with van der Waals surface area (Å²) >= 11 is 1.53. The van der Waals surface area contributed by atoms with Crippen LogP contribution in [-0.4, -0.2) is 26.0 Å². The molecule has 0 bridgehead atoms. The Labute approximate surface area is 114 Å². The number of rotatable bonds is 3. The molecular formula is C13H12N4OS. The predicted octanol–water partition coefficient (Wildman–Crippen LogP) is 1.84. The molecule has 0 fully saturated rings. The molecule has 0 aliphatic carbocycles. The molecule has 1 aromatic carbocycles. The van der Waals surface area contributed by atoms with Gasteiger partial charge in [0.1, 0.15) is 5.56 Å². The normalized spacial score (nSPS) is 11.0. The third-order valence-electron chi connectivity index (χ3n) is 2.91. The van der Waals surface area contributed by atoms with E-state index in [9.17, 15) is 4.79 Å². The number of fused-ring (bicyclic) bond motifs is 1. The highest BCUT2D eigenvalue weighted by Crippen LogP contribution is 2.22. The highest BCUT2D eigenvalue weighted by atomic mass is 32.2. The van der Waals surface area contributed by atoms with E-state index in [1.807, 2.05) is 41.2 Å². The van der Waals surface area contributed by atoms with Gasteiger partial charge in [-0.2, -0.15) is 5.10 Å². The summed E-state index contributed by atoms with van der Waals surface area (Å²) in [6, 6.07) is 10.0. The minimum atomic E-state index is -0.197. The van der Waals surface area contributed by atoms with Crippen LogP contribution in [0.2, 0.25) is 0 Å². The molecule has 2 aliphatic heterocycles. The van der Waals surface area contributed by atoms with Gasteiger partial charge in [0.05, 0.1) is 6.54 Å². The summed E-state index contributed by atoms with van der Waals surface area (Å²) in [4.78, 5) is 15.9. The standard InChI is InChI=1S/C13H12N4OS/c1-19-13-14-7-10-11(15-16-12(10)18)17(13)8-9-5-3-2-4-6-9/h2-7H,8H2,1H3,(H,16,18). The van der Waals surface area contributed by atoms with Crippen LogP contribution >= 0.6 is 11.8 Å². The highest BCUT2D eigenvalue weighted by molar-refractivity contribution is 7.98. The zero-order chi connectivity index (χ0) is 13.2. The third kappa shape index (κ3) is 2.15. The summed E-state index contributed by atoms with van der Waals surface area (Å²) < 4.78 is 1.95. The summed E-state index contributed by atoms with van der Waals surface area (Å²) in [5.41, 5.74) is 1.47. The number of hydrogen-bond donors (Lipinski definition) is 1. The van der Waals surface area contributed by atoms with Crippen molar-refractivity contribution in [2.45, 2.75) is 11.7 Å². The van der Waals surface area contributed by atoms with Crippen molar-refractivity contribution in [2.24, 2.45) is 0 Å². The van der Waals surface area contributed by atoms with Gasteiger partial charge in [-0.1, -0.05) is 42.1 Å². The Bertz CT molecular complexity index is 719. The minimum absolute atomic E-state index is 0.197. The van der Waals surface area contributed by atoms with E-state index in [2.05, 4.69) is 15.2 Å². The van der Waals surface area contributed by atoms with Crippen LogP contribution < -0.4 is 5.56 Å². The number of hydrogen-bond acceptors (Lipinski definition) is 4. The number of aromatic nitrogens is 4. The quantitative estimate of drug-likeness (QED) is 0.583. The van der Waals surface area contributed by atoms with Gasteiger partial charge in [0.2, 0.25) is 0 Å². The molecule has 0 unspecified atom stereocenters. The van der Waals surface area contributed by atoms with E-state index in [1.54, 1.807) is 6.20 Å². The number of nitrogens with one attached hydrogen (secondary N) is 1. The van der Waals surface area contributed by atoms with Gasteiger partial charge in [0.15, 0.2) is 11.0 Å². The lowest BCUT2D eigenvalue weighted by atomic mass is 10.2. The maximum Gasteiger partial charge on any atom is 0.276 e. The molecule has 19 heavy (non-hydrogen) atoms. The van der Waals surface area contributed by atoms with Crippen molar-refractivity contribution in [1.29, 1.82) is 0 Å². The van der Waals surface area contributed by atoms with E-state index >= 15 is 0 Å². The summed E-state index contributed by atoms with van der Waals surface area (Å²) in [7, 11) is 0. The van der Waals surface area contributed by atoms with Crippen molar-refractivity contribution in [3.8, 4) is 11.4 Å². The Morgan fingerprint density at radius 3 is 2.84 bits per heavy atom. The number of nitrogens with zero attached hydrogens (tertiary/aromatic N) is 3. The molecule has 1 aromatic rings. The largest absolute Gasteiger partial charge is 0.299 e. The minimum Gasteiger partial charge on any atom is -0.299 e. The predicted molar refractivity (Wildman–Crippen MR) is 74.6 cm³/mol. The molecule has 96 valence electrons. The zero-order valence-electron chi connectivity index (χ0n) is 10.3.